The zero-order chi connectivity index (χ0) is 13.9. The van der Waals surface area contributed by atoms with Gasteiger partial charge < -0.3 is 10.1 Å². The van der Waals surface area contributed by atoms with E-state index in [1.165, 1.54) is 12.4 Å². The third-order valence-electron chi connectivity index (χ3n) is 3.22. The smallest absolute Gasteiger partial charge is 0.243 e. The van der Waals surface area contributed by atoms with Gasteiger partial charge in [-0.05, 0) is 19.3 Å². The Hall–Kier alpha value is -1.25. The molecule has 1 heterocycles. The Morgan fingerprint density at radius 2 is 2.00 bits per heavy atom. The molecule has 19 heavy (non-hydrogen) atoms. The van der Waals surface area contributed by atoms with Crippen molar-refractivity contribution in [3.05, 3.63) is 12.4 Å². The van der Waals surface area contributed by atoms with Crippen LogP contribution in [0.2, 0.25) is 0 Å². The van der Waals surface area contributed by atoms with Crippen molar-refractivity contribution in [3.8, 4) is 0 Å². The summed E-state index contributed by atoms with van der Waals surface area (Å²) in [5.74, 6) is 0.384. The van der Waals surface area contributed by atoms with Gasteiger partial charge in [-0.3, -0.25) is 0 Å². The number of rotatable bonds is 5. The molecule has 1 saturated carbocycles. The van der Waals surface area contributed by atoms with Crippen LogP contribution in [0.3, 0.4) is 0 Å². The van der Waals surface area contributed by atoms with Crippen LogP contribution >= 0.6 is 0 Å². The Morgan fingerprint density at radius 3 is 2.58 bits per heavy atom. The standard InChI is InChI=1S/C11H18N4O3S/c1-12-11-13-6-8(7-14-11)19(16,17)15-9-4-3-5-10(9)18-2/h6-7,9-10,15H,3-5H2,1-2H3,(H,12,13,14). The van der Waals surface area contributed by atoms with E-state index in [0.717, 1.165) is 19.3 Å². The third-order valence-corrected chi connectivity index (χ3v) is 4.67. The number of hydrogen-bond donors (Lipinski definition) is 2. The van der Waals surface area contributed by atoms with E-state index in [1.54, 1.807) is 14.2 Å². The fourth-order valence-electron chi connectivity index (χ4n) is 2.19. The van der Waals surface area contributed by atoms with Crippen LogP contribution in [0.25, 0.3) is 0 Å². The van der Waals surface area contributed by atoms with Crippen molar-refractivity contribution in [3.63, 3.8) is 0 Å². The molecule has 1 aliphatic rings. The van der Waals surface area contributed by atoms with Gasteiger partial charge in [0.05, 0.1) is 18.5 Å². The highest BCUT2D eigenvalue weighted by Crippen LogP contribution is 2.23. The molecule has 106 valence electrons. The summed E-state index contributed by atoms with van der Waals surface area (Å²) in [4.78, 5) is 7.87. The molecular formula is C11H18N4O3S. The van der Waals surface area contributed by atoms with E-state index in [9.17, 15) is 8.42 Å². The fraction of sp³-hybridized carbons (Fsp3) is 0.636. The molecule has 0 aromatic carbocycles. The summed E-state index contributed by atoms with van der Waals surface area (Å²) in [7, 11) is -0.325. The first kappa shape index (κ1) is 14.2. The van der Waals surface area contributed by atoms with Gasteiger partial charge in [0.25, 0.3) is 0 Å². The van der Waals surface area contributed by atoms with Crippen LogP contribution in [-0.4, -0.2) is 44.7 Å². The van der Waals surface area contributed by atoms with Gasteiger partial charge in [-0.25, -0.2) is 23.1 Å². The van der Waals surface area contributed by atoms with Crippen LogP contribution in [0.5, 0.6) is 0 Å². The highest BCUT2D eigenvalue weighted by atomic mass is 32.2. The van der Waals surface area contributed by atoms with Crippen molar-refractivity contribution >= 4 is 16.0 Å². The molecule has 1 fully saturated rings. The molecule has 2 rings (SSSR count). The van der Waals surface area contributed by atoms with Crippen LogP contribution in [-0.2, 0) is 14.8 Å². The molecule has 7 nitrogen and oxygen atoms in total. The molecule has 8 heteroatoms. The monoisotopic (exact) mass is 286 g/mol. The molecule has 0 bridgehead atoms. The van der Waals surface area contributed by atoms with Gasteiger partial charge >= 0.3 is 0 Å². The van der Waals surface area contributed by atoms with Crippen molar-refractivity contribution in [2.45, 2.75) is 36.3 Å². The highest BCUT2D eigenvalue weighted by molar-refractivity contribution is 7.89. The summed E-state index contributed by atoms with van der Waals surface area (Å²) in [6, 6.07) is -0.182. The maximum absolute atomic E-state index is 12.2. The van der Waals surface area contributed by atoms with Gasteiger partial charge in [0.2, 0.25) is 16.0 Å². The number of methoxy groups -OCH3 is 1. The maximum atomic E-state index is 12.2. The SMILES string of the molecule is CNc1ncc(S(=O)(=O)NC2CCCC2OC)cn1. The molecule has 1 aromatic heterocycles. The van der Waals surface area contributed by atoms with E-state index in [4.69, 9.17) is 4.74 Å². The molecule has 1 aromatic rings. The van der Waals surface area contributed by atoms with Crippen LogP contribution < -0.4 is 10.0 Å². The summed E-state index contributed by atoms with van der Waals surface area (Å²) in [6.45, 7) is 0. The molecule has 2 atom stereocenters. The minimum atomic E-state index is -3.59. The number of nitrogens with one attached hydrogen (secondary N) is 2. The molecule has 0 radical (unpaired) electrons. The first-order valence-corrected chi connectivity index (χ1v) is 7.60. The minimum Gasteiger partial charge on any atom is -0.380 e. The Balaban J connectivity index is 2.13. The molecule has 0 saturated heterocycles. The van der Waals surface area contributed by atoms with Gasteiger partial charge in [0.1, 0.15) is 4.90 Å². The van der Waals surface area contributed by atoms with Gasteiger partial charge in [-0.2, -0.15) is 0 Å². The van der Waals surface area contributed by atoms with E-state index < -0.39 is 10.0 Å². The van der Waals surface area contributed by atoms with Crippen LogP contribution in [0.15, 0.2) is 17.3 Å². The van der Waals surface area contributed by atoms with E-state index in [-0.39, 0.29) is 17.0 Å². The quantitative estimate of drug-likeness (QED) is 0.812. The highest BCUT2D eigenvalue weighted by Gasteiger charge is 2.31. The van der Waals surface area contributed by atoms with E-state index in [2.05, 4.69) is 20.0 Å². The summed E-state index contributed by atoms with van der Waals surface area (Å²) >= 11 is 0. The average Bonchev–Trinajstić information content (AvgIpc) is 2.85. The molecule has 0 spiro atoms. The zero-order valence-corrected chi connectivity index (χ0v) is 11.8. The van der Waals surface area contributed by atoms with Crippen LogP contribution in [0, 0.1) is 0 Å². The number of sulfonamides is 1. The van der Waals surface area contributed by atoms with Crippen LogP contribution in [0.4, 0.5) is 5.95 Å². The van der Waals surface area contributed by atoms with Crippen LogP contribution in [0.1, 0.15) is 19.3 Å². The number of hydrogen-bond acceptors (Lipinski definition) is 6. The first-order valence-electron chi connectivity index (χ1n) is 6.11. The van der Waals surface area contributed by atoms with Crippen molar-refractivity contribution in [1.82, 2.24) is 14.7 Å². The second kappa shape index (κ2) is 5.81. The summed E-state index contributed by atoms with van der Waals surface area (Å²) < 4.78 is 32.3. The van der Waals surface area contributed by atoms with E-state index >= 15 is 0 Å². The van der Waals surface area contributed by atoms with Crippen molar-refractivity contribution < 1.29 is 13.2 Å². The average molecular weight is 286 g/mol. The summed E-state index contributed by atoms with van der Waals surface area (Å²) in [5, 5.41) is 2.74. The lowest BCUT2D eigenvalue weighted by atomic mass is 10.2. The molecular weight excluding hydrogens is 268 g/mol. The number of ether oxygens (including phenoxy) is 1. The first-order chi connectivity index (χ1) is 9.06. The molecule has 0 aliphatic heterocycles. The lowest BCUT2D eigenvalue weighted by molar-refractivity contribution is 0.0916. The Kier molecular flexibility index (Phi) is 4.33. The number of anilines is 1. The van der Waals surface area contributed by atoms with Crippen molar-refractivity contribution in [2.75, 3.05) is 19.5 Å². The predicted molar refractivity (Wildman–Crippen MR) is 70.3 cm³/mol. The van der Waals surface area contributed by atoms with Crippen molar-refractivity contribution in [1.29, 1.82) is 0 Å². The lowest BCUT2D eigenvalue weighted by Gasteiger charge is -2.19. The molecule has 1 aliphatic carbocycles. The Labute approximate surface area is 112 Å². The third kappa shape index (κ3) is 3.20. The van der Waals surface area contributed by atoms with E-state index in [0.29, 0.717) is 5.95 Å². The van der Waals surface area contributed by atoms with Gasteiger partial charge in [-0.15, -0.1) is 0 Å². The molecule has 2 N–H and O–H groups in total. The molecule has 0 amide bonds. The van der Waals surface area contributed by atoms with Gasteiger partial charge in [-0.1, -0.05) is 0 Å². The second-order valence-corrected chi connectivity index (χ2v) is 6.14. The summed E-state index contributed by atoms with van der Waals surface area (Å²) in [6.07, 6.45) is 5.13. The summed E-state index contributed by atoms with van der Waals surface area (Å²) in [5.41, 5.74) is 0. The Bertz CT molecular complexity index is 517. The molecule has 2 unspecified atom stereocenters. The lowest BCUT2D eigenvalue weighted by Crippen LogP contribution is -2.40. The number of nitrogens with zero attached hydrogens (tertiary/aromatic N) is 2. The van der Waals surface area contributed by atoms with Crippen molar-refractivity contribution in [2.24, 2.45) is 0 Å². The Morgan fingerprint density at radius 1 is 1.32 bits per heavy atom. The number of aromatic nitrogens is 2. The predicted octanol–water partition coefficient (Wildman–Crippen LogP) is 0.364. The normalized spacial score (nSPS) is 23.5. The zero-order valence-electron chi connectivity index (χ0n) is 11.0. The topological polar surface area (TPSA) is 93.2 Å². The second-order valence-electron chi connectivity index (χ2n) is 4.43. The fourth-order valence-corrected chi connectivity index (χ4v) is 3.38. The minimum absolute atomic E-state index is 0.0627. The largest absolute Gasteiger partial charge is 0.380 e. The van der Waals surface area contributed by atoms with E-state index in [1.807, 2.05) is 0 Å². The van der Waals surface area contributed by atoms with Gasteiger partial charge in [0, 0.05) is 20.2 Å². The van der Waals surface area contributed by atoms with Gasteiger partial charge in [0.15, 0.2) is 0 Å². The maximum Gasteiger partial charge on any atom is 0.243 e.